The number of carbonyl (C=O) groups is 2. The third-order valence-electron chi connectivity index (χ3n) is 3.99. The van der Waals surface area contributed by atoms with Crippen LogP contribution < -0.4 is 5.32 Å². The van der Waals surface area contributed by atoms with Crippen molar-refractivity contribution in [2.45, 2.75) is 32.1 Å². The van der Waals surface area contributed by atoms with E-state index in [0.717, 1.165) is 37.7 Å². The predicted octanol–water partition coefficient (Wildman–Crippen LogP) is 4.05. The van der Waals surface area contributed by atoms with Gasteiger partial charge in [-0.05, 0) is 49.5 Å². The van der Waals surface area contributed by atoms with Crippen LogP contribution in [0.25, 0.3) is 6.08 Å². The molecule has 2 aromatic heterocycles. The molecule has 0 aliphatic heterocycles. The monoisotopic (exact) mass is 345 g/mol. The second-order valence-electron chi connectivity index (χ2n) is 5.60. The Hall–Kier alpha value is -2.34. The van der Waals surface area contributed by atoms with Crippen molar-refractivity contribution < 1.29 is 18.7 Å². The van der Waals surface area contributed by atoms with Gasteiger partial charge in [-0.15, -0.1) is 11.3 Å². The molecule has 0 unspecified atom stereocenters. The first kappa shape index (κ1) is 16.5. The van der Waals surface area contributed by atoms with Crippen LogP contribution in [0, 0.1) is 0 Å². The van der Waals surface area contributed by atoms with Crippen molar-refractivity contribution in [2.75, 3.05) is 12.4 Å². The Morgan fingerprint density at radius 2 is 2.12 bits per heavy atom. The maximum atomic E-state index is 12.2. The summed E-state index contributed by atoms with van der Waals surface area (Å²) in [4.78, 5) is 25.6. The van der Waals surface area contributed by atoms with Gasteiger partial charge >= 0.3 is 5.97 Å². The molecule has 2 aromatic rings. The number of esters is 1. The first-order valence-electron chi connectivity index (χ1n) is 7.94. The molecule has 5 nitrogen and oxygen atoms in total. The van der Waals surface area contributed by atoms with Gasteiger partial charge in [0.25, 0.3) is 0 Å². The van der Waals surface area contributed by atoms with Crippen molar-refractivity contribution >= 4 is 34.3 Å². The zero-order valence-electron chi connectivity index (χ0n) is 13.5. The molecule has 1 amide bonds. The van der Waals surface area contributed by atoms with Crippen LogP contribution in [-0.2, 0) is 22.4 Å². The number of carbonyl (C=O) groups excluding carboxylic acids is 2. The number of thiophene rings is 1. The molecule has 3 rings (SSSR count). The molecular weight excluding hydrogens is 326 g/mol. The van der Waals surface area contributed by atoms with Crippen molar-refractivity contribution in [1.29, 1.82) is 0 Å². The molecule has 0 aromatic carbocycles. The fraction of sp³-hybridized carbons (Fsp3) is 0.333. The third-order valence-corrected chi connectivity index (χ3v) is 5.20. The van der Waals surface area contributed by atoms with E-state index >= 15 is 0 Å². The number of fused-ring (bicyclic) bond motifs is 1. The minimum absolute atomic E-state index is 0.298. The van der Waals surface area contributed by atoms with Gasteiger partial charge in [-0.2, -0.15) is 0 Å². The van der Waals surface area contributed by atoms with Gasteiger partial charge in [-0.3, -0.25) is 4.79 Å². The number of hydrogen-bond donors (Lipinski definition) is 1. The molecular formula is C18H19NO4S. The zero-order valence-corrected chi connectivity index (χ0v) is 14.3. The number of methoxy groups -OCH3 is 1. The largest absolute Gasteiger partial charge is 0.465 e. The summed E-state index contributed by atoms with van der Waals surface area (Å²) in [6.45, 7) is 0. The van der Waals surface area contributed by atoms with E-state index in [1.165, 1.54) is 29.4 Å². The van der Waals surface area contributed by atoms with Crippen LogP contribution in [0.3, 0.4) is 0 Å². The maximum absolute atomic E-state index is 12.2. The lowest BCUT2D eigenvalue weighted by Gasteiger charge is -2.06. The Morgan fingerprint density at radius 1 is 1.29 bits per heavy atom. The molecule has 1 aliphatic carbocycles. The summed E-state index contributed by atoms with van der Waals surface area (Å²) in [7, 11) is 1.37. The summed E-state index contributed by atoms with van der Waals surface area (Å²) >= 11 is 1.48. The molecule has 1 N–H and O–H groups in total. The number of aryl methyl sites for hydroxylation is 1. The molecule has 0 saturated heterocycles. The Kier molecular flexibility index (Phi) is 5.15. The average Bonchev–Trinajstić information content (AvgIpc) is 3.15. The summed E-state index contributed by atoms with van der Waals surface area (Å²) in [5.41, 5.74) is 1.55. The van der Waals surface area contributed by atoms with Crippen LogP contribution in [0.2, 0.25) is 0 Å². The fourth-order valence-corrected chi connectivity index (χ4v) is 4.13. The predicted molar refractivity (Wildman–Crippen MR) is 93.3 cm³/mol. The molecule has 0 atom stereocenters. The smallest absolute Gasteiger partial charge is 0.341 e. The van der Waals surface area contributed by atoms with E-state index in [2.05, 4.69) is 5.32 Å². The molecule has 0 radical (unpaired) electrons. The first-order valence-corrected chi connectivity index (χ1v) is 8.76. The number of rotatable bonds is 4. The number of furan rings is 1. The van der Waals surface area contributed by atoms with E-state index in [-0.39, 0.29) is 11.9 Å². The highest BCUT2D eigenvalue weighted by Gasteiger charge is 2.25. The molecule has 24 heavy (non-hydrogen) atoms. The van der Waals surface area contributed by atoms with E-state index in [0.29, 0.717) is 16.3 Å². The highest BCUT2D eigenvalue weighted by atomic mass is 32.1. The van der Waals surface area contributed by atoms with Crippen molar-refractivity contribution in [3.05, 3.63) is 46.2 Å². The second-order valence-corrected chi connectivity index (χ2v) is 6.70. The topological polar surface area (TPSA) is 68.5 Å². The van der Waals surface area contributed by atoms with Crippen LogP contribution in [0.4, 0.5) is 5.00 Å². The van der Waals surface area contributed by atoms with E-state index in [1.807, 2.05) is 0 Å². The molecule has 126 valence electrons. The summed E-state index contributed by atoms with van der Waals surface area (Å²) in [5, 5.41) is 3.39. The van der Waals surface area contributed by atoms with Crippen LogP contribution in [0.15, 0.2) is 28.9 Å². The van der Waals surface area contributed by atoms with Gasteiger partial charge in [0.15, 0.2) is 0 Å². The Labute approximate surface area is 144 Å². The summed E-state index contributed by atoms with van der Waals surface area (Å²) in [5.74, 6) is -0.0898. The van der Waals surface area contributed by atoms with Crippen molar-refractivity contribution in [1.82, 2.24) is 0 Å². The van der Waals surface area contributed by atoms with E-state index in [4.69, 9.17) is 9.15 Å². The normalized spacial score (nSPS) is 14.2. The molecule has 1 aliphatic rings. The molecule has 0 fully saturated rings. The van der Waals surface area contributed by atoms with Gasteiger partial charge in [0, 0.05) is 11.0 Å². The number of anilines is 1. The van der Waals surface area contributed by atoms with E-state index in [1.54, 1.807) is 24.5 Å². The first-order chi connectivity index (χ1) is 11.7. The minimum Gasteiger partial charge on any atom is -0.465 e. The Balaban J connectivity index is 1.84. The SMILES string of the molecule is COC(=O)c1c(NC(=O)C=Cc2ccco2)sc2c1CCCCC2. The fourth-order valence-electron chi connectivity index (χ4n) is 2.85. The van der Waals surface area contributed by atoms with Crippen LogP contribution in [-0.4, -0.2) is 19.0 Å². The van der Waals surface area contributed by atoms with E-state index < -0.39 is 0 Å². The van der Waals surface area contributed by atoms with Gasteiger partial charge in [0.2, 0.25) is 5.91 Å². The number of amides is 1. The van der Waals surface area contributed by atoms with Gasteiger partial charge in [0.05, 0.1) is 18.9 Å². The standard InChI is InChI=1S/C18H19NO4S/c1-22-18(21)16-13-7-3-2-4-8-14(13)24-17(16)19-15(20)10-9-12-6-5-11-23-12/h5-6,9-11H,2-4,7-8H2,1H3,(H,19,20). The Morgan fingerprint density at radius 3 is 2.88 bits per heavy atom. The molecule has 0 spiro atoms. The Bertz CT molecular complexity index is 758. The van der Waals surface area contributed by atoms with Crippen LogP contribution in [0.1, 0.15) is 45.8 Å². The maximum Gasteiger partial charge on any atom is 0.341 e. The van der Waals surface area contributed by atoms with Crippen molar-refractivity contribution in [2.24, 2.45) is 0 Å². The third kappa shape index (κ3) is 3.59. The number of nitrogens with one attached hydrogen (secondary N) is 1. The lowest BCUT2D eigenvalue weighted by Crippen LogP contribution is -2.12. The van der Waals surface area contributed by atoms with Crippen molar-refractivity contribution in [3.8, 4) is 0 Å². The number of ether oxygens (including phenoxy) is 1. The van der Waals surface area contributed by atoms with Gasteiger partial charge in [-0.1, -0.05) is 6.42 Å². The van der Waals surface area contributed by atoms with Gasteiger partial charge in [-0.25, -0.2) is 4.79 Å². The van der Waals surface area contributed by atoms with Gasteiger partial charge < -0.3 is 14.5 Å². The lowest BCUT2D eigenvalue weighted by atomic mass is 10.1. The number of hydrogen-bond acceptors (Lipinski definition) is 5. The quantitative estimate of drug-likeness (QED) is 0.516. The summed E-state index contributed by atoms with van der Waals surface area (Å²) in [6.07, 6.45) is 9.66. The van der Waals surface area contributed by atoms with Gasteiger partial charge in [0.1, 0.15) is 10.8 Å². The lowest BCUT2D eigenvalue weighted by molar-refractivity contribution is -0.111. The summed E-state index contributed by atoms with van der Waals surface area (Å²) < 4.78 is 10.1. The highest BCUT2D eigenvalue weighted by Crippen LogP contribution is 2.37. The molecule has 2 heterocycles. The van der Waals surface area contributed by atoms with Crippen molar-refractivity contribution in [3.63, 3.8) is 0 Å². The van der Waals surface area contributed by atoms with E-state index in [9.17, 15) is 9.59 Å². The molecule has 0 bridgehead atoms. The minimum atomic E-state index is -0.389. The van der Waals surface area contributed by atoms with Crippen LogP contribution >= 0.6 is 11.3 Å². The molecule has 6 heteroatoms. The molecule has 0 saturated carbocycles. The van der Waals surface area contributed by atoms with Crippen LogP contribution in [0.5, 0.6) is 0 Å². The average molecular weight is 345 g/mol. The highest BCUT2D eigenvalue weighted by molar-refractivity contribution is 7.17. The second kappa shape index (κ2) is 7.49. The summed E-state index contributed by atoms with van der Waals surface area (Å²) in [6, 6.07) is 3.51. The zero-order chi connectivity index (χ0) is 16.9.